The standard InChI is InChI=1S/C13H25N3OS/c1-3-4-8-15-13(17)10(2)16-9-6-5-7-11(16)12(14)18/h10-11H,3-9H2,1-2H3,(H2,14,18)(H,15,17). The summed E-state index contributed by atoms with van der Waals surface area (Å²) in [5.41, 5.74) is 5.78. The Kier molecular flexibility index (Phi) is 6.57. The lowest BCUT2D eigenvalue weighted by atomic mass is 10.00. The molecule has 1 heterocycles. The number of nitrogens with one attached hydrogen (secondary N) is 1. The minimum atomic E-state index is -0.145. The Morgan fingerprint density at radius 1 is 1.56 bits per heavy atom. The summed E-state index contributed by atoms with van der Waals surface area (Å²) < 4.78 is 0. The number of rotatable bonds is 6. The van der Waals surface area contributed by atoms with Crippen LogP contribution < -0.4 is 11.1 Å². The predicted molar refractivity (Wildman–Crippen MR) is 78.5 cm³/mol. The fraction of sp³-hybridized carbons (Fsp3) is 0.846. The number of carbonyl (C=O) groups is 1. The number of nitrogens with two attached hydrogens (primary N) is 1. The second-order valence-electron chi connectivity index (χ2n) is 4.97. The molecule has 104 valence electrons. The van der Waals surface area contributed by atoms with Crippen molar-refractivity contribution in [3.8, 4) is 0 Å². The fourth-order valence-electron chi connectivity index (χ4n) is 2.41. The summed E-state index contributed by atoms with van der Waals surface area (Å²) in [5.74, 6) is 0.0894. The van der Waals surface area contributed by atoms with Crippen LogP contribution in [0.15, 0.2) is 0 Å². The van der Waals surface area contributed by atoms with Crippen molar-refractivity contribution >= 4 is 23.1 Å². The molecule has 18 heavy (non-hydrogen) atoms. The summed E-state index contributed by atoms with van der Waals surface area (Å²) in [6, 6.07) is -0.0608. The third-order valence-corrected chi connectivity index (χ3v) is 3.85. The molecule has 1 fully saturated rings. The van der Waals surface area contributed by atoms with E-state index in [2.05, 4.69) is 17.1 Å². The van der Waals surface area contributed by atoms with E-state index >= 15 is 0 Å². The number of likely N-dealkylation sites (tertiary alicyclic amines) is 1. The second kappa shape index (κ2) is 7.69. The van der Waals surface area contributed by atoms with Gasteiger partial charge in [-0.3, -0.25) is 9.69 Å². The molecule has 0 bridgehead atoms. The summed E-state index contributed by atoms with van der Waals surface area (Å²) in [7, 11) is 0. The topological polar surface area (TPSA) is 58.4 Å². The van der Waals surface area contributed by atoms with Gasteiger partial charge in [0.25, 0.3) is 0 Å². The average molecular weight is 271 g/mol. The smallest absolute Gasteiger partial charge is 0.237 e. The van der Waals surface area contributed by atoms with Gasteiger partial charge < -0.3 is 11.1 Å². The number of carbonyl (C=O) groups excluding carboxylic acids is 1. The Hall–Kier alpha value is -0.680. The Balaban J connectivity index is 2.54. The Labute approximate surface area is 115 Å². The van der Waals surface area contributed by atoms with Crippen LogP contribution in [-0.2, 0) is 4.79 Å². The zero-order valence-electron chi connectivity index (χ0n) is 11.4. The minimum Gasteiger partial charge on any atom is -0.392 e. The van der Waals surface area contributed by atoms with Gasteiger partial charge in [-0.2, -0.15) is 0 Å². The molecule has 2 unspecified atom stereocenters. The van der Waals surface area contributed by atoms with Crippen LogP contribution in [0.3, 0.4) is 0 Å². The van der Waals surface area contributed by atoms with Gasteiger partial charge in [-0.25, -0.2) is 0 Å². The number of hydrogen-bond donors (Lipinski definition) is 2. The highest BCUT2D eigenvalue weighted by Crippen LogP contribution is 2.20. The molecule has 1 aliphatic rings. The maximum Gasteiger partial charge on any atom is 0.237 e. The molecule has 4 nitrogen and oxygen atoms in total. The van der Waals surface area contributed by atoms with Gasteiger partial charge in [0.2, 0.25) is 5.91 Å². The Morgan fingerprint density at radius 3 is 2.89 bits per heavy atom. The first-order valence-electron chi connectivity index (χ1n) is 6.90. The molecule has 5 heteroatoms. The third-order valence-electron chi connectivity index (χ3n) is 3.58. The lowest BCUT2D eigenvalue weighted by Gasteiger charge is -2.38. The van der Waals surface area contributed by atoms with E-state index in [0.29, 0.717) is 4.99 Å². The molecule has 1 amide bonds. The van der Waals surface area contributed by atoms with Crippen molar-refractivity contribution < 1.29 is 4.79 Å². The lowest BCUT2D eigenvalue weighted by molar-refractivity contribution is -0.126. The first kappa shape index (κ1) is 15.4. The van der Waals surface area contributed by atoms with E-state index in [1.165, 1.54) is 0 Å². The van der Waals surface area contributed by atoms with Crippen molar-refractivity contribution in [1.82, 2.24) is 10.2 Å². The molecule has 0 saturated carbocycles. The fourth-order valence-corrected chi connectivity index (χ4v) is 2.66. The number of thiocarbonyl (C=S) groups is 1. The van der Waals surface area contributed by atoms with E-state index in [0.717, 1.165) is 45.2 Å². The molecule has 0 aromatic heterocycles. The van der Waals surface area contributed by atoms with Gasteiger partial charge in [-0.15, -0.1) is 0 Å². The molecule has 0 aromatic rings. The number of nitrogens with zero attached hydrogens (tertiary/aromatic N) is 1. The molecule has 1 aliphatic heterocycles. The van der Waals surface area contributed by atoms with E-state index in [-0.39, 0.29) is 18.0 Å². The molecule has 1 rings (SSSR count). The van der Waals surface area contributed by atoms with Crippen molar-refractivity contribution in [3.63, 3.8) is 0 Å². The minimum absolute atomic E-state index is 0.0840. The molecule has 0 aliphatic carbocycles. The van der Waals surface area contributed by atoms with Crippen molar-refractivity contribution in [3.05, 3.63) is 0 Å². The van der Waals surface area contributed by atoms with Crippen LogP contribution in [-0.4, -0.2) is 41.0 Å². The largest absolute Gasteiger partial charge is 0.392 e. The summed E-state index contributed by atoms with van der Waals surface area (Å²) in [6.45, 7) is 5.72. The summed E-state index contributed by atoms with van der Waals surface area (Å²) >= 11 is 5.11. The summed E-state index contributed by atoms with van der Waals surface area (Å²) in [4.78, 5) is 14.7. The van der Waals surface area contributed by atoms with Gasteiger partial charge in [0, 0.05) is 6.54 Å². The molecule has 2 atom stereocenters. The van der Waals surface area contributed by atoms with E-state index in [4.69, 9.17) is 18.0 Å². The van der Waals surface area contributed by atoms with Crippen LogP contribution in [0.1, 0.15) is 46.0 Å². The summed E-state index contributed by atoms with van der Waals surface area (Å²) in [5, 5.41) is 2.98. The molecular weight excluding hydrogens is 246 g/mol. The highest BCUT2D eigenvalue weighted by Gasteiger charge is 2.31. The van der Waals surface area contributed by atoms with Crippen LogP contribution >= 0.6 is 12.2 Å². The normalized spacial score (nSPS) is 22.4. The van der Waals surface area contributed by atoms with Crippen molar-refractivity contribution in [2.45, 2.75) is 58.0 Å². The monoisotopic (exact) mass is 271 g/mol. The molecular formula is C13H25N3OS. The van der Waals surface area contributed by atoms with Crippen molar-refractivity contribution in [2.24, 2.45) is 5.73 Å². The summed E-state index contributed by atoms with van der Waals surface area (Å²) in [6.07, 6.45) is 5.35. The Bertz CT molecular complexity index is 296. The van der Waals surface area contributed by atoms with Gasteiger partial charge in [-0.05, 0) is 32.7 Å². The lowest BCUT2D eigenvalue weighted by Crippen LogP contribution is -2.55. The quantitative estimate of drug-likeness (QED) is 0.567. The Morgan fingerprint density at radius 2 is 2.28 bits per heavy atom. The molecule has 0 radical (unpaired) electrons. The van der Waals surface area contributed by atoms with E-state index in [1.807, 2.05) is 6.92 Å². The highest BCUT2D eigenvalue weighted by molar-refractivity contribution is 7.80. The third kappa shape index (κ3) is 4.21. The van der Waals surface area contributed by atoms with E-state index in [1.54, 1.807) is 0 Å². The van der Waals surface area contributed by atoms with Gasteiger partial charge in [0.05, 0.1) is 17.1 Å². The highest BCUT2D eigenvalue weighted by atomic mass is 32.1. The zero-order chi connectivity index (χ0) is 13.5. The number of hydrogen-bond acceptors (Lipinski definition) is 3. The van der Waals surface area contributed by atoms with Gasteiger partial charge in [0.15, 0.2) is 0 Å². The van der Waals surface area contributed by atoms with Crippen molar-refractivity contribution in [2.75, 3.05) is 13.1 Å². The maximum atomic E-state index is 12.0. The number of piperidine rings is 1. The van der Waals surface area contributed by atoms with Gasteiger partial charge in [0.1, 0.15) is 0 Å². The van der Waals surface area contributed by atoms with E-state index < -0.39 is 0 Å². The second-order valence-corrected chi connectivity index (χ2v) is 5.44. The van der Waals surface area contributed by atoms with Gasteiger partial charge in [-0.1, -0.05) is 32.0 Å². The number of amides is 1. The average Bonchev–Trinajstić information content (AvgIpc) is 2.38. The molecule has 3 N–H and O–H groups in total. The molecule has 1 saturated heterocycles. The first-order chi connectivity index (χ1) is 8.57. The van der Waals surface area contributed by atoms with Crippen LogP contribution in [0.5, 0.6) is 0 Å². The van der Waals surface area contributed by atoms with Gasteiger partial charge >= 0.3 is 0 Å². The van der Waals surface area contributed by atoms with Crippen LogP contribution in [0, 0.1) is 0 Å². The first-order valence-corrected chi connectivity index (χ1v) is 7.31. The SMILES string of the molecule is CCCCNC(=O)C(C)N1CCCCC1C(N)=S. The molecule has 0 spiro atoms. The number of unbranched alkanes of at least 4 members (excludes halogenated alkanes) is 1. The van der Waals surface area contributed by atoms with Crippen LogP contribution in [0.25, 0.3) is 0 Å². The zero-order valence-corrected chi connectivity index (χ0v) is 12.3. The predicted octanol–water partition coefficient (Wildman–Crippen LogP) is 1.43. The van der Waals surface area contributed by atoms with Crippen molar-refractivity contribution in [1.29, 1.82) is 0 Å². The molecule has 0 aromatic carbocycles. The van der Waals surface area contributed by atoms with Crippen LogP contribution in [0.4, 0.5) is 0 Å². The maximum absolute atomic E-state index is 12.0. The van der Waals surface area contributed by atoms with Crippen LogP contribution in [0.2, 0.25) is 0 Å². The van der Waals surface area contributed by atoms with E-state index in [9.17, 15) is 4.79 Å².